The van der Waals surface area contributed by atoms with Gasteiger partial charge in [0.25, 0.3) is 0 Å². The van der Waals surface area contributed by atoms with Crippen LogP contribution in [0.4, 0.5) is 0 Å². The van der Waals surface area contributed by atoms with Crippen molar-refractivity contribution in [2.24, 2.45) is 0 Å². The molecular formula is C66H114O6. The molecule has 0 rings (SSSR count). The maximum atomic E-state index is 12.9. The maximum absolute atomic E-state index is 12.9. The van der Waals surface area contributed by atoms with E-state index in [-0.39, 0.29) is 31.1 Å². The monoisotopic (exact) mass is 1000 g/mol. The minimum atomic E-state index is -0.783. The molecule has 0 aliphatic rings. The first kappa shape index (κ1) is 68.6. The molecule has 0 amide bonds. The Morgan fingerprint density at radius 2 is 0.542 bits per heavy atom. The van der Waals surface area contributed by atoms with Crippen LogP contribution in [-0.4, -0.2) is 37.2 Å². The highest BCUT2D eigenvalue weighted by Crippen LogP contribution is 2.16. The average molecular weight is 1000 g/mol. The van der Waals surface area contributed by atoms with Crippen molar-refractivity contribution in [3.8, 4) is 0 Å². The van der Waals surface area contributed by atoms with Gasteiger partial charge < -0.3 is 14.2 Å². The van der Waals surface area contributed by atoms with Gasteiger partial charge >= 0.3 is 17.9 Å². The van der Waals surface area contributed by atoms with Crippen LogP contribution in [0.1, 0.15) is 297 Å². The maximum Gasteiger partial charge on any atom is 0.306 e. The molecule has 1 unspecified atom stereocenters. The summed E-state index contributed by atoms with van der Waals surface area (Å²) in [5.41, 5.74) is 0. The summed E-state index contributed by atoms with van der Waals surface area (Å²) in [6.07, 6.45) is 78.7. The van der Waals surface area contributed by atoms with E-state index >= 15 is 0 Å². The highest BCUT2D eigenvalue weighted by atomic mass is 16.6. The van der Waals surface area contributed by atoms with Crippen molar-refractivity contribution in [3.05, 3.63) is 85.1 Å². The predicted octanol–water partition coefficient (Wildman–Crippen LogP) is 20.7. The van der Waals surface area contributed by atoms with Crippen LogP contribution < -0.4 is 0 Å². The topological polar surface area (TPSA) is 78.9 Å². The van der Waals surface area contributed by atoms with Crippen molar-refractivity contribution in [1.29, 1.82) is 0 Å². The van der Waals surface area contributed by atoms with Crippen molar-refractivity contribution in [1.82, 2.24) is 0 Å². The fourth-order valence-electron chi connectivity index (χ4n) is 8.56. The quantitative estimate of drug-likeness (QED) is 0.0261. The molecule has 72 heavy (non-hydrogen) atoms. The van der Waals surface area contributed by atoms with E-state index in [1.807, 2.05) is 0 Å². The molecule has 0 aliphatic carbocycles. The molecule has 0 N–H and O–H groups in total. The minimum absolute atomic E-state index is 0.0800. The lowest BCUT2D eigenvalue weighted by atomic mass is 10.0. The molecular weight excluding hydrogens is 889 g/mol. The first-order valence-corrected chi connectivity index (χ1v) is 30.6. The third kappa shape index (κ3) is 57.5. The minimum Gasteiger partial charge on any atom is -0.462 e. The van der Waals surface area contributed by atoms with Crippen LogP contribution in [-0.2, 0) is 28.6 Å². The van der Waals surface area contributed by atoms with Crippen molar-refractivity contribution in [2.45, 2.75) is 303 Å². The number of carbonyl (C=O) groups excluding carboxylic acids is 3. The van der Waals surface area contributed by atoms with E-state index in [1.165, 1.54) is 141 Å². The Morgan fingerprint density at radius 1 is 0.292 bits per heavy atom. The molecule has 0 heterocycles. The lowest BCUT2D eigenvalue weighted by molar-refractivity contribution is -0.167. The van der Waals surface area contributed by atoms with Crippen LogP contribution in [0, 0.1) is 0 Å². The Balaban J connectivity index is 4.27. The van der Waals surface area contributed by atoms with Crippen LogP contribution >= 0.6 is 0 Å². The van der Waals surface area contributed by atoms with Gasteiger partial charge in [0.15, 0.2) is 6.10 Å². The Kier molecular flexibility index (Phi) is 57.3. The normalized spacial score (nSPS) is 12.7. The van der Waals surface area contributed by atoms with Crippen LogP contribution in [0.5, 0.6) is 0 Å². The van der Waals surface area contributed by atoms with Crippen LogP contribution in [0.2, 0.25) is 0 Å². The number of esters is 3. The van der Waals surface area contributed by atoms with Gasteiger partial charge in [-0.15, -0.1) is 0 Å². The standard InChI is InChI=1S/C66H114O6/c1-4-7-10-13-16-19-22-25-27-28-29-30-31-32-33-34-35-36-37-38-40-41-44-47-50-53-56-59-65(68)71-62-63(61-70-64(67)58-55-52-49-46-43-24-21-18-15-12-9-6-3)72-66(69)60-57-54-51-48-45-42-39-26-23-20-17-14-11-8-5-2/h7,10,16-17,19-20,25-27,29-30,32-33,39,63H,4-6,8-9,11-15,18,21-24,28,31,34-38,40-62H2,1-3H3/b10-7-,19-16-,20-17-,27-25-,30-29-,33-32-,39-26-. The number of ether oxygens (including phenoxy) is 3. The summed E-state index contributed by atoms with van der Waals surface area (Å²) in [5.74, 6) is -0.888. The largest absolute Gasteiger partial charge is 0.462 e. The summed E-state index contributed by atoms with van der Waals surface area (Å²) in [7, 11) is 0. The van der Waals surface area contributed by atoms with Crippen molar-refractivity contribution < 1.29 is 28.6 Å². The van der Waals surface area contributed by atoms with Crippen molar-refractivity contribution in [3.63, 3.8) is 0 Å². The number of carbonyl (C=O) groups is 3. The fourth-order valence-corrected chi connectivity index (χ4v) is 8.56. The Morgan fingerprint density at radius 3 is 0.875 bits per heavy atom. The third-order valence-electron chi connectivity index (χ3n) is 13.1. The van der Waals surface area contributed by atoms with E-state index in [2.05, 4.69) is 106 Å². The SMILES string of the molecule is CC/C=C\C/C=C\C/C=C\C/C=C\C/C=C\CCCCCCCCCCCCCC(=O)OCC(COC(=O)CCCCCCCCCCCCCC)OC(=O)CCCCCCC/C=C\C/C=C\CCCCC. The van der Waals surface area contributed by atoms with E-state index in [1.54, 1.807) is 0 Å². The van der Waals surface area contributed by atoms with Crippen molar-refractivity contribution in [2.75, 3.05) is 13.2 Å². The molecule has 0 radical (unpaired) electrons. The molecule has 414 valence electrons. The second-order valence-corrected chi connectivity index (χ2v) is 20.2. The number of rotatable bonds is 55. The van der Waals surface area contributed by atoms with Gasteiger partial charge in [0.05, 0.1) is 0 Å². The van der Waals surface area contributed by atoms with E-state index in [0.717, 1.165) is 116 Å². The smallest absolute Gasteiger partial charge is 0.306 e. The Bertz CT molecular complexity index is 1380. The zero-order valence-corrected chi connectivity index (χ0v) is 47.4. The van der Waals surface area contributed by atoms with E-state index < -0.39 is 6.10 Å². The van der Waals surface area contributed by atoms with Crippen LogP contribution in [0.15, 0.2) is 85.1 Å². The molecule has 0 spiro atoms. The number of hydrogen-bond donors (Lipinski definition) is 0. The van der Waals surface area contributed by atoms with E-state index in [4.69, 9.17) is 14.2 Å². The molecule has 0 fully saturated rings. The summed E-state index contributed by atoms with van der Waals surface area (Å²) in [5, 5.41) is 0. The third-order valence-corrected chi connectivity index (χ3v) is 13.1. The molecule has 0 bridgehead atoms. The number of allylic oxidation sites excluding steroid dienone is 14. The summed E-state index contributed by atoms with van der Waals surface area (Å²) >= 11 is 0. The van der Waals surface area contributed by atoms with Crippen molar-refractivity contribution >= 4 is 17.9 Å². The first-order valence-electron chi connectivity index (χ1n) is 30.6. The van der Waals surface area contributed by atoms with Gasteiger partial charge in [0.2, 0.25) is 0 Å². The second kappa shape index (κ2) is 60.1. The van der Waals surface area contributed by atoms with Gasteiger partial charge in [0.1, 0.15) is 13.2 Å². The molecule has 0 aromatic rings. The Hall–Kier alpha value is -3.41. The zero-order valence-electron chi connectivity index (χ0n) is 47.4. The summed E-state index contributed by atoms with van der Waals surface area (Å²) in [6.45, 7) is 6.50. The van der Waals surface area contributed by atoms with Gasteiger partial charge in [-0.3, -0.25) is 14.4 Å². The number of unbranched alkanes of at least 4 members (excludes halogenated alkanes) is 30. The molecule has 0 aromatic carbocycles. The van der Waals surface area contributed by atoms with Gasteiger partial charge in [-0.1, -0.05) is 266 Å². The Labute approximate surface area is 445 Å². The molecule has 6 heteroatoms. The molecule has 0 saturated heterocycles. The average Bonchev–Trinajstić information content (AvgIpc) is 3.38. The predicted molar refractivity (Wildman–Crippen MR) is 311 cm³/mol. The highest BCUT2D eigenvalue weighted by molar-refractivity contribution is 5.71. The highest BCUT2D eigenvalue weighted by Gasteiger charge is 2.19. The fraction of sp³-hybridized carbons (Fsp3) is 0.742. The van der Waals surface area contributed by atoms with E-state index in [9.17, 15) is 14.4 Å². The van der Waals surface area contributed by atoms with E-state index in [0.29, 0.717) is 19.3 Å². The summed E-state index contributed by atoms with van der Waals surface area (Å²) < 4.78 is 16.9. The van der Waals surface area contributed by atoms with Gasteiger partial charge in [0, 0.05) is 19.3 Å². The van der Waals surface area contributed by atoms with Gasteiger partial charge in [-0.25, -0.2) is 0 Å². The van der Waals surface area contributed by atoms with Crippen LogP contribution in [0.25, 0.3) is 0 Å². The van der Waals surface area contributed by atoms with Gasteiger partial charge in [-0.2, -0.15) is 0 Å². The summed E-state index contributed by atoms with van der Waals surface area (Å²) in [4.78, 5) is 38.2. The second-order valence-electron chi connectivity index (χ2n) is 20.2. The molecule has 0 aliphatic heterocycles. The lowest BCUT2D eigenvalue weighted by Gasteiger charge is -2.18. The number of hydrogen-bond acceptors (Lipinski definition) is 6. The lowest BCUT2D eigenvalue weighted by Crippen LogP contribution is -2.30. The summed E-state index contributed by atoms with van der Waals surface area (Å²) in [6, 6.07) is 0. The molecule has 1 atom stereocenters. The van der Waals surface area contributed by atoms with Crippen LogP contribution in [0.3, 0.4) is 0 Å². The molecule has 6 nitrogen and oxygen atoms in total. The molecule has 0 saturated carbocycles. The first-order chi connectivity index (χ1) is 35.5. The zero-order chi connectivity index (χ0) is 52.2. The van der Waals surface area contributed by atoms with Gasteiger partial charge in [-0.05, 0) is 96.3 Å². The molecule has 0 aromatic heterocycles.